The first kappa shape index (κ1) is 13.3. The van der Waals surface area contributed by atoms with Gasteiger partial charge in [-0.2, -0.15) is 0 Å². The number of hydrogen-bond donors (Lipinski definition) is 1. The topological polar surface area (TPSA) is 49.8 Å². The van der Waals surface area contributed by atoms with Gasteiger partial charge in [-0.25, -0.2) is 4.79 Å². The molecular formula is C12H23NO3. The molecule has 4 nitrogen and oxygen atoms in total. The van der Waals surface area contributed by atoms with Crippen molar-refractivity contribution in [3.8, 4) is 0 Å². The molecule has 1 aliphatic rings. The average Bonchev–Trinajstić information content (AvgIpc) is 2.26. The highest BCUT2D eigenvalue weighted by Gasteiger charge is 2.27. The van der Waals surface area contributed by atoms with Gasteiger partial charge < -0.3 is 14.7 Å². The van der Waals surface area contributed by atoms with Gasteiger partial charge in [-0.3, -0.25) is 0 Å². The highest BCUT2D eigenvalue weighted by molar-refractivity contribution is 5.68. The molecule has 4 heteroatoms. The molecule has 1 N–H and O–H groups in total. The van der Waals surface area contributed by atoms with Gasteiger partial charge in [0.2, 0.25) is 0 Å². The Labute approximate surface area is 97.6 Å². The summed E-state index contributed by atoms with van der Waals surface area (Å²) in [6.45, 7) is 5.14. The normalized spacial score (nSPS) is 21.2. The highest BCUT2D eigenvalue weighted by Crippen LogP contribution is 2.23. The molecule has 0 aromatic rings. The second-order valence-electron chi connectivity index (χ2n) is 4.81. The maximum absolute atomic E-state index is 11.7. The second kappa shape index (κ2) is 6.74. The predicted molar refractivity (Wildman–Crippen MR) is 62.2 cm³/mol. The van der Waals surface area contributed by atoms with E-state index in [2.05, 4.69) is 13.8 Å². The maximum Gasteiger partial charge on any atom is 0.410 e. The minimum absolute atomic E-state index is 0.101. The predicted octanol–water partition coefficient (Wildman–Crippen LogP) is 2.02. The SMILES string of the molecule is CC(C)CC1CCCCN1C(=O)OCCO. The van der Waals surface area contributed by atoms with Crippen LogP contribution in [-0.4, -0.2) is 41.9 Å². The molecule has 0 bridgehead atoms. The summed E-state index contributed by atoms with van der Waals surface area (Å²) in [6.07, 6.45) is 4.10. The number of carbonyl (C=O) groups is 1. The Morgan fingerprint density at radius 1 is 1.50 bits per heavy atom. The van der Waals surface area contributed by atoms with Crippen molar-refractivity contribution in [2.45, 2.75) is 45.6 Å². The van der Waals surface area contributed by atoms with Gasteiger partial charge in [0.1, 0.15) is 6.61 Å². The van der Waals surface area contributed by atoms with Crippen molar-refractivity contribution in [2.24, 2.45) is 5.92 Å². The Hall–Kier alpha value is -0.770. The van der Waals surface area contributed by atoms with Crippen LogP contribution in [0.3, 0.4) is 0 Å². The summed E-state index contributed by atoms with van der Waals surface area (Å²) in [4.78, 5) is 13.6. The Morgan fingerprint density at radius 3 is 2.88 bits per heavy atom. The Morgan fingerprint density at radius 2 is 2.25 bits per heavy atom. The summed E-state index contributed by atoms with van der Waals surface area (Å²) in [6, 6.07) is 0.319. The summed E-state index contributed by atoms with van der Waals surface area (Å²) in [7, 11) is 0. The average molecular weight is 229 g/mol. The Bertz CT molecular complexity index is 218. The van der Waals surface area contributed by atoms with E-state index in [-0.39, 0.29) is 19.3 Å². The van der Waals surface area contributed by atoms with Crippen LogP contribution in [0, 0.1) is 5.92 Å². The lowest BCUT2D eigenvalue weighted by molar-refractivity contribution is 0.0562. The summed E-state index contributed by atoms with van der Waals surface area (Å²) in [5.41, 5.74) is 0. The van der Waals surface area contributed by atoms with Crippen LogP contribution < -0.4 is 0 Å². The van der Waals surface area contributed by atoms with Crippen molar-refractivity contribution >= 4 is 6.09 Å². The lowest BCUT2D eigenvalue weighted by atomic mass is 9.94. The first-order chi connectivity index (χ1) is 7.65. The third-order valence-electron chi connectivity index (χ3n) is 2.92. The van der Waals surface area contributed by atoms with E-state index in [4.69, 9.17) is 9.84 Å². The standard InChI is InChI=1S/C12H23NO3/c1-10(2)9-11-5-3-4-6-13(11)12(15)16-8-7-14/h10-11,14H,3-9H2,1-2H3. The fraction of sp³-hybridized carbons (Fsp3) is 0.917. The number of ether oxygens (including phenoxy) is 1. The van der Waals surface area contributed by atoms with Crippen molar-refractivity contribution in [3.05, 3.63) is 0 Å². The van der Waals surface area contributed by atoms with Gasteiger partial charge in [-0.1, -0.05) is 13.8 Å². The van der Waals surface area contributed by atoms with Gasteiger partial charge in [0, 0.05) is 12.6 Å². The van der Waals surface area contributed by atoms with Crippen LogP contribution in [0.25, 0.3) is 0 Å². The lowest BCUT2D eigenvalue weighted by Crippen LogP contribution is -2.44. The molecule has 0 radical (unpaired) electrons. The van der Waals surface area contributed by atoms with Crippen LogP contribution in [0.5, 0.6) is 0 Å². The number of amides is 1. The highest BCUT2D eigenvalue weighted by atomic mass is 16.6. The molecule has 1 amide bonds. The van der Waals surface area contributed by atoms with Gasteiger partial charge in [0.25, 0.3) is 0 Å². The van der Waals surface area contributed by atoms with Crippen LogP contribution in [0.15, 0.2) is 0 Å². The van der Waals surface area contributed by atoms with E-state index in [0.717, 1.165) is 25.8 Å². The molecule has 16 heavy (non-hydrogen) atoms. The minimum Gasteiger partial charge on any atom is -0.447 e. The largest absolute Gasteiger partial charge is 0.447 e. The first-order valence-electron chi connectivity index (χ1n) is 6.19. The molecule has 1 rings (SSSR count). The number of rotatable bonds is 4. The molecule has 94 valence electrons. The molecular weight excluding hydrogens is 206 g/mol. The molecule has 0 aromatic carbocycles. The fourth-order valence-corrected chi connectivity index (χ4v) is 2.25. The molecule has 1 atom stereocenters. The van der Waals surface area contributed by atoms with Crippen molar-refractivity contribution in [1.29, 1.82) is 0 Å². The van der Waals surface area contributed by atoms with E-state index in [1.807, 2.05) is 4.90 Å². The lowest BCUT2D eigenvalue weighted by Gasteiger charge is -2.35. The van der Waals surface area contributed by atoms with Crippen molar-refractivity contribution in [2.75, 3.05) is 19.8 Å². The second-order valence-corrected chi connectivity index (χ2v) is 4.81. The Kier molecular flexibility index (Phi) is 5.60. The zero-order valence-corrected chi connectivity index (χ0v) is 10.3. The number of nitrogens with zero attached hydrogens (tertiary/aromatic N) is 1. The first-order valence-corrected chi connectivity index (χ1v) is 6.19. The molecule has 1 heterocycles. The molecule has 0 spiro atoms. The summed E-state index contributed by atoms with van der Waals surface area (Å²) >= 11 is 0. The van der Waals surface area contributed by atoms with E-state index < -0.39 is 0 Å². The molecule has 1 unspecified atom stereocenters. The monoisotopic (exact) mass is 229 g/mol. The van der Waals surface area contributed by atoms with Crippen molar-refractivity contribution < 1.29 is 14.6 Å². The maximum atomic E-state index is 11.7. The smallest absolute Gasteiger partial charge is 0.410 e. The summed E-state index contributed by atoms with van der Waals surface area (Å²) in [5, 5.41) is 8.63. The zero-order chi connectivity index (χ0) is 12.0. The van der Waals surface area contributed by atoms with Crippen molar-refractivity contribution in [3.63, 3.8) is 0 Å². The zero-order valence-electron chi connectivity index (χ0n) is 10.3. The number of hydrogen-bond acceptors (Lipinski definition) is 3. The van der Waals surface area contributed by atoms with Crippen LogP contribution in [0.1, 0.15) is 39.5 Å². The molecule has 0 aliphatic carbocycles. The van der Waals surface area contributed by atoms with E-state index in [1.54, 1.807) is 0 Å². The van der Waals surface area contributed by atoms with Crippen molar-refractivity contribution in [1.82, 2.24) is 4.90 Å². The molecule has 1 fully saturated rings. The van der Waals surface area contributed by atoms with E-state index >= 15 is 0 Å². The number of piperidine rings is 1. The summed E-state index contributed by atoms with van der Waals surface area (Å²) < 4.78 is 4.98. The molecule has 1 aliphatic heterocycles. The number of aliphatic hydroxyl groups excluding tert-OH is 1. The van der Waals surface area contributed by atoms with Gasteiger partial charge in [0.15, 0.2) is 0 Å². The van der Waals surface area contributed by atoms with Gasteiger partial charge in [-0.15, -0.1) is 0 Å². The fourth-order valence-electron chi connectivity index (χ4n) is 2.25. The van der Waals surface area contributed by atoms with E-state index in [1.165, 1.54) is 6.42 Å². The van der Waals surface area contributed by atoms with E-state index in [9.17, 15) is 4.79 Å². The third kappa shape index (κ3) is 4.00. The van der Waals surface area contributed by atoms with Crippen LogP contribution in [-0.2, 0) is 4.74 Å². The quantitative estimate of drug-likeness (QED) is 0.802. The number of aliphatic hydroxyl groups is 1. The van der Waals surface area contributed by atoms with Crippen LogP contribution in [0.2, 0.25) is 0 Å². The van der Waals surface area contributed by atoms with Crippen LogP contribution in [0.4, 0.5) is 4.79 Å². The molecule has 1 saturated heterocycles. The third-order valence-corrected chi connectivity index (χ3v) is 2.92. The van der Waals surface area contributed by atoms with Gasteiger partial charge in [-0.05, 0) is 31.6 Å². The summed E-state index contributed by atoms with van der Waals surface area (Å²) in [5.74, 6) is 0.594. The molecule has 0 aromatic heterocycles. The minimum atomic E-state index is -0.264. The molecule has 0 saturated carbocycles. The van der Waals surface area contributed by atoms with Gasteiger partial charge >= 0.3 is 6.09 Å². The number of likely N-dealkylation sites (tertiary alicyclic amines) is 1. The number of carbonyl (C=O) groups excluding carboxylic acids is 1. The van der Waals surface area contributed by atoms with Crippen LogP contribution >= 0.6 is 0 Å². The Balaban J connectivity index is 2.48. The van der Waals surface area contributed by atoms with E-state index in [0.29, 0.717) is 12.0 Å². The van der Waals surface area contributed by atoms with Gasteiger partial charge in [0.05, 0.1) is 6.61 Å².